The molecule has 1 aromatic rings. The van der Waals surface area contributed by atoms with Gasteiger partial charge in [0.1, 0.15) is 11.6 Å². The van der Waals surface area contributed by atoms with Gasteiger partial charge in [-0.05, 0) is 26.3 Å². The maximum atomic E-state index is 12.0. The van der Waals surface area contributed by atoms with Crippen LogP contribution in [-0.4, -0.2) is 17.3 Å². The standard InChI is InChI=1S/C16H18O3/c1-4-5-13-6-8-14(9-7-13)16(19)10-15(11(2)17)12(3)18/h4-9,15H,10H2,1-3H3/b5-4+. The molecule has 0 N–H and O–H groups in total. The molecule has 0 aliphatic carbocycles. The van der Waals surface area contributed by atoms with E-state index < -0.39 is 5.92 Å². The topological polar surface area (TPSA) is 51.2 Å². The molecule has 1 aromatic carbocycles. The molecular formula is C16H18O3. The van der Waals surface area contributed by atoms with Crippen LogP contribution in [0, 0.1) is 5.92 Å². The van der Waals surface area contributed by atoms with Crippen molar-refractivity contribution in [3.8, 4) is 0 Å². The Labute approximate surface area is 113 Å². The van der Waals surface area contributed by atoms with E-state index in [4.69, 9.17) is 0 Å². The lowest BCUT2D eigenvalue weighted by molar-refractivity contribution is -0.130. The van der Waals surface area contributed by atoms with Crippen LogP contribution >= 0.6 is 0 Å². The van der Waals surface area contributed by atoms with E-state index in [1.54, 1.807) is 12.1 Å². The van der Waals surface area contributed by atoms with Gasteiger partial charge >= 0.3 is 0 Å². The van der Waals surface area contributed by atoms with Crippen LogP contribution in [0.4, 0.5) is 0 Å². The van der Waals surface area contributed by atoms with Crippen LogP contribution in [0.25, 0.3) is 6.08 Å². The van der Waals surface area contributed by atoms with Crippen molar-refractivity contribution in [2.45, 2.75) is 27.2 Å². The second-order valence-corrected chi connectivity index (χ2v) is 4.52. The van der Waals surface area contributed by atoms with Crippen LogP contribution in [0.5, 0.6) is 0 Å². The molecule has 0 amide bonds. The number of hydrogen-bond donors (Lipinski definition) is 0. The van der Waals surface area contributed by atoms with Crippen molar-refractivity contribution in [3.63, 3.8) is 0 Å². The molecular weight excluding hydrogens is 240 g/mol. The number of carbonyl (C=O) groups is 3. The van der Waals surface area contributed by atoms with Crippen molar-refractivity contribution in [2.24, 2.45) is 5.92 Å². The highest BCUT2D eigenvalue weighted by Crippen LogP contribution is 2.14. The first-order valence-electron chi connectivity index (χ1n) is 6.22. The Morgan fingerprint density at radius 3 is 2.00 bits per heavy atom. The van der Waals surface area contributed by atoms with Gasteiger partial charge in [-0.15, -0.1) is 0 Å². The van der Waals surface area contributed by atoms with Gasteiger partial charge in [0, 0.05) is 12.0 Å². The Kier molecular flexibility index (Phi) is 5.37. The first-order chi connectivity index (χ1) is 8.95. The molecule has 3 heteroatoms. The molecule has 0 fully saturated rings. The number of benzene rings is 1. The fourth-order valence-electron chi connectivity index (χ4n) is 1.85. The summed E-state index contributed by atoms with van der Waals surface area (Å²) in [6.45, 7) is 4.60. The summed E-state index contributed by atoms with van der Waals surface area (Å²) in [5.41, 5.74) is 1.54. The van der Waals surface area contributed by atoms with Gasteiger partial charge in [0.25, 0.3) is 0 Å². The Balaban J connectivity index is 2.83. The van der Waals surface area contributed by atoms with E-state index in [0.29, 0.717) is 5.56 Å². The van der Waals surface area contributed by atoms with Crippen molar-refractivity contribution < 1.29 is 14.4 Å². The molecule has 0 radical (unpaired) electrons. The third-order valence-corrected chi connectivity index (χ3v) is 2.96. The number of hydrogen-bond acceptors (Lipinski definition) is 3. The van der Waals surface area contributed by atoms with Crippen molar-refractivity contribution in [3.05, 3.63) is 41.5 Å². The Morgan fingerprint density at radius 1 is 1.05 bits per heavy atom. The molecule has 0 saturated carbocycles. The van der Waals surface area contributed by atoms with Crippen LogP contribution in [0.3, 0.4) is 0 Å². The fraction of sp³-hybridized carbons (Fsp3) is 0.312. The second-order valence-electron chi connectivity index (χ2n) is 4.52. The smallest absolute Gasteiger partial charge is 0.164 e. The summed E-state index contributed by atoms with van der Waals surface area (Å²) >= 11 is 0. The Hall–Kier alpha value is -2.03. The number of Topliss-reactive ketones (excluding diaryl/α,β-unsaturated/α-hetero) is 3. The van der Waals surface area contributed by atoms with Crippen molar-refractivity contribution in [1.29, 1.82) is 0 Å². The molecule has 0 bridgehead atoms. The van der Waals surface area contributed by atoms with E-state index in [0.717, 1.165) is 5.56 Å². The predicted molar refractivity (Wildman–Crippen MR) is 74.9 cm³/mol. The van der Waals surface area contributed by atoms with Gasteiger partial charge in [-0.2, -0.15) is 0 Å². The maximum absolute atomic E-state index is 12.0. The maximum Gasteiger partial charge on any atom is 0.164 e. The number of ketones is 3. The SMILES string of the molecule is C/C=C/c1ccc(C(=O)CC(C(C)=O)C(C)=O)cc1. The van der Waals surface area contributed by atoms with E-state index in [1.807, 2.05) is 31.2 Å². The minimum absolute atomic E-state index is 0.0480. The van der Waals surface area contributed by atoms with Gasteiger partial charge in [0.2, 0.25) is 0 Å². The summed E-state index contributed by atoms with van der Waals surface area (Å²) in [5.74, 6) is -1.51. The summed E-state index contributed by atoms with van der Waals surface area (Å²) in [5, 5.41) is 0. The number of carbonyl (C=O) groups excluding carboxylic acids is 3. The van der Waals surface area contributed by atoms with Crippen LogP contribution in [0.1, 0.15) is 43.1 Å². The van der Waals surface area contributed by atoms with E-state index in [9.17, 15) is 14.4 Å². The van der Waals surface area contributed by atoms with E-state index in [2.05, 4.69) is 0 Å². The van der Waals surface area contributed by atoms with E-state index in [-0.39, 0.29) is 23.8 Å². The van der Waals surface area contributed by atoms with Gasteiger partial charge in [0.05, 0.1) is 5.92 Å². The molecule has 0 aromatic heterocycles. The molecule has 0 atom stereocenters. The van der Waals surface area contributed by atoms with Crippen LogP contribution in [-0.2, 0) is 9.59 Å². The first-order valence-corrected chi connectivity index (χ1v) is 6.22. The molecule has 100 valence electrons. The minimum atomic E-state index is -0.817. The lowest BCUT2D eigenvalue weighted by Gasteiger charge is -2.09. The van der Waals surface area contributed by atoms with Gasteiger partial charge in [-0.25, -0.2) is 0 Å². The number of allylic oxidation sites excluding steroid dienone is 1. The average Bonchev–Trinajstić information content (AvgIpc) is 2.36. The van der Waals surface area contributed by atoms with Gasteiger partial charge < -0.3 is 0 Å². The molecule has 0 aliphatic heterocycles. The zero-order chi connectivity index (χ0) is 14.4. The zero-order valence-electron chi connectivity index (χ0n) is 11.5. The Bertz CT molecular complexity index is 495. The monoisotopic (exact) mass is 258 g/mol. The summed E-state index contributed by atoms with van der Waals surface area (Å²) in [4.78, 5) is 34.6. The van der Waals surface area contributed by atoms with Crippen LogP contribution in [0.15, 0.2) is 30.3 Å². The van der Waals surface area contributed by atoms with Crippen molar-refractivity contribution in [2.75, 3.05) is 0 Å². The van der Waals surface area contributed by atoms with Gasteiger partial charge in [0.15, 0.2) is 5.78 Å². The van der Waals surface area contributed by atoms with Gasteiger partial charge in [-0.3, -0.25) is 14.4 Å². The van der Waals surface area contributed by atoms with E-state index in [1.165, 1.54) is 13.8 Å². The molecule has 3 nitrogen and oxygen atoms in total. The molecule has 0 unspecified atom stereocenters. The van der Waals surface area contributed by atoms with Crippen molar-refractivity contribution >= 4 is 23.4 Å². The third kappa shape index (κ3) is 4.28. The average molecular weight is 258 g/mol. The quantitative estimate of drug-likeness (QED) is 0.582. The second kappa shape index (κ2) is 6.78. The molecule has 0 aliphatic rings. The van der Waals surface area contributed by atoms with Gasteiger partial charge in [-0.1, -0.05) is 36.4 Å². The van der Waals surface area contributed by atoms with Crippen LogP contribution < -0.4 is 0 Å². The molecule has 0 heterocycles. The predicted octanol–water partition coefficient (Wildman–Crippen LogP) is 3.09. The highest BCUT2D eigenvalue weighted by molar-refractivity contribution is 6.06. The molecule has 19 heavy (non-hydrogen) atoms. The van der Waals surface area contributed by atoms with Crippen LogP contribution in [0.2, 0.25) is 0 Å². The summed E-state index contributed by atoms with van der Waals surface area (Å²) in [7, 11) is 0. The minimum Gasteiger partial charge on any atom is -0.299 e. The normalized spacial score (nSPS) is 10.9. The Morgan fingerprint density at radius 2 is 1.58 bits per heavy atom. The largest absolute Gasteiger partial charge is 0.299 e. The van der Waals surface area contributed by atoms with Crippen molar-refractivity contribution in [1.82, 2.24) is 0 Å². The lowest BCUT2D eigenvalue weighted by atomic mass is 9.92. The zero-order valence-corrected chi connectivity index (χ0v) is 11.5. The molecule has 1 rings (SSSR count). The van der Waals surface area contributed by atoms with E-state index >= 15 is 0 Å². The molecule has 0 saturated heterocycles. The highest BCUT2D eigenvalue weighted by atomic mass is 16.2. The summed E-state index contributed by atoms with van der Waals surface area (Å²) in [6.07, 6.45) is 3.80. The highest BCUT2D eigenvalue weighted by Gasteiger charge is 2.23. The summed E-state index contributed by atoms with van der Waals surface area (Å²) in [6, 6.07) is 7.11. The number of rotatable bonds is 6. The first kappa shape index (κ1) is 15.0. The fourth-order valence-corrected chi connectivity index (χ4v) is 1.85. The molecule has 0 spiro atoms. The third-order valence-electron chi connectivity index (χ3n) is 2.96. The summed E-state index contributed by atoms with van der Waals surface area (Å²) < 4.78 is 0. The lowest BCUT2D eigenvalue weighted by Crippen LogP contribution is -2.22.